The van der Waals surface area contributed by atoms with Crippen LogP contribution in [-0.2, 0) is 19.3 Å². The van der Waals surface area contributed by atoms with Crippen molar-refractivity contribution in [3.8, 4) is 0 Å². The number of furan rings is 1. The number of carbonyl (C=O) groups is 1. The number of hydrogen-bond donors (Lipinski definition) is 1. The Morgan fingerprint density at radius 2 is 1.70 bits per heavy atom. The number of amides is 2. The minimum absolute atomic E-state index is 0.111. The molecule has 174 valence electrons. The van der Waals surface area contributed by atoms with Gasteiger partial charge >= 0.3 is 12.2 Å². The molecule has 1 N–H and O–H groups in total. The van der Waals surface area contributed by atoms with Crippen LogP contribution in [0.5, 0.6) is 0 Å². The first-order valence-electron chi connectivity index (χ1n) is 10.9. The number of urea groups is 1. The van der Waals surface area contributed by atoms with Crippen LogP contribution >= 0.6 is 0 Å². The maximum absolute atomic E-state index is 13.4. The van der Waals surface area contributed by atoms with Gasteiger partial charge in [-0.05, 0) is 42.7 Å². The number of hydrogen-bond acceptors (Lipinski definition) is 3. The largest absolute Gasteiger partial charge is 0.467 e. The molecule has 1 aliphatic rings. The summed E-state index contributed by atoms with van der Waals surface area (Å²) in [6.07, 6.45) is -1.59. The molecule has 0 unspecified atom stereocenters. The highest BCUT2D eigenvalue weighted by Crippen LogP contribution is 2.35. The minimum atomic E-state index is -4.56. The van der Waals surface area contributed by atoms with Crippen LogP contribution in [0.3, 0.4) is 0 Å². The third kappa shape index (κ3) is 5.96. The summed E-state index contributed by atoms with van der Waals surface area (Å²) in [5, 5.41) is 2.49. The summed E-state index contributed by atoms with van der Waals surface area (Å²) in [6.45, 7) is 2.61. The lowest BCUT2D eigenvalue weighted by Gasteiger charge is -2.38. The van der Waals surface area contributed by atoms with E-state index in [1.165, 1.54) is 30.0 Å². The van der Waals surface area contributed by atoms with Crippen molar-refractivity contribution in [3.05, 3.63) is 89.9 Å². The quantitative estimate of drug-likeness (QED) is 0.494. The van der Waals surface area contributed by atoms with E-state index in [9.17, 15) is 18.0 Å². The van der Waals surface area contributed by atoms with Crippen molar-refractivity contribution in [1.82, 2.24) is 9.80 Å². The zero-order valence-corrected chi connectivity index (χ0v) is 18.1. The molecule has 1 aromatic heterocycles. The van der Waals surface area contributed by atoms with Crippen LogP contribution in [0.25, 0.3) is 0 Å². The first-order chi connectivity index (χ1) is 15.9. The predicted molar refractivity (Wildman–Crippen MR) is 119 cm³/mol. The number of para-hydroxylation sites is 1. The molecule has 0 bridgehead atoms. The van der Waals surface area contributed by atoms with E-state index in [0.717, 1.165) is 38.5 Å². The van der Waals surface area contributed by atoms with Gasteiger partial charge in [0.1, 0.15) is 5.76 Å². The number of benzene rings is 2. The molecular formula is C25H26F3N3O2. The van der Waals surface area contributed by atoms with Crippen molar-refractivity contribution in [2.24, 2.45) is 0 Å². The van der Waals surface area contributed by atoms with Crippen LogP contribution in [0.2, 0.25) is 0 Å². The Kier molecular flexibility index (Phi) is 7.03. The van der Waals surface area contributed by atoms with Crippen molar-refractivity contribution in [2.45, 2.75) is 38.1 Å². The lowest BCUT2D eigenvalue weighted by molar-refractivity contribution is -0.136. The van der Waals surface area contributed by atoms with E-state index in [-0.39, 0.29) is 18.3 Å². The number of likely N-dealkylation sites (tertiary alicyclic amines) is 1. The highest BCUT2D eigenvalue weighted by molar-refractivity contribution is 5.90. The van der Waals surface area contributed by atoms with Gasteiger partial charge in [-0.15, -0.1) is 0 Å². The standard InChI is InChI=1S/C25H26F3N3O2/c26-25(27,28)22-10-4-5-11-23(22)29-24(32)31(18-21-9-6-16-33-21)20-12-14-30(15-13-20)17-19-7-2-1-3-8-19/h1-11,16,20H,12-15,17-18H2,(H,29,32). The molecule has 0 saturated carbocycles. The monoisotopic (exact) mass is 457 g/mol. The summed E-state index contributed by atoms with van der Waals surface area (Å²) >= 11 is 0. The SMILES string of the molecule is O=C(Nc1ccccc1C(F)(F)F)N(Cc1ccco1)C1CCN(Cc2ccccc2)CC1. The van der Waals surface area contributed by atoms with Gasteiger partial charge in [0.05, 0.1) is 24.1 Å². The second-order valence-electron chi connectivity index (χ2n) is 8.17. The molecule has 4 rings (SSSR count). The van der Waals surface area contributed by atoms with Crippen LogP contribution < -0.4 is 5.32 Å². The molecule has 0 spiro atoms. The van der Waals surface area contributed by atoms with E-state index >= 15 is 0 Å². The molecule has 0 radical (unpaired) electrons. The molecule has 0 atom stereocenters. The normalized spacial score (nSPS) is 15.4. The van der Waals surface area contributed by atoms with Gasteiger partial charge in [-0.1, -0.05) is 42.5 Å². The summed E-state index contributed by atoms with van der Waals surface area (Å²) in [7, 11) is 0. The Labute approximate surface area is 190 Å². The maximum atomic E-state index is 13.4. The first kappa shape index (κ1) is 22.9. The van der Waals surface area contributed by atoms with Crippen molar-refractivity contribution in [3.63, 3.8) is 0 Å². The second kappa shape index (κ2) is 10.1. The Bertz CT molecular complexity index is 1030. The molecule has 1 fully saturated rings. The first-order valence-corrected chi connectivity index (χ1v) is 10.9. The fourth-order valence-electron chi connectivity index (χ4n) is 4.19. The molecular weight excluding hydrogens is 431 g/mol. The number of alkyl halides is 3. The molecule has 33 heavy (non-hydrogen) atoms. The van der Waals surface area contributed by atoms with E-state index in [2.05, 4.69) is 22.3 Å². The number of nitrogens with zero attached hydrogens (tertiary/aromatic N) is 2. The van der Waals surface area contributed by atoms with E-state index in [1.54, 1.807) is 17.0 Å². The maximum Gasteiger partial charge on any atom is 0.418 e. The van der Waals surface area contributed by atoms with Crippen LogP contribution in [0.4, 0.5) is 23.7 Å². The summed E-state index contributed by atoms with van der Waals surface area (Å²) in [5.74, 6) is 0.584. The van der Waals surface area contributed by atoms with Crippen molar-refractivity contribution >= 4 is 11.7 Å². The molecule has 1 aliphatic heterocycles. The predicted octanol–water partition coefficient (Wildman–Crippen LogP) is 6.00. The average molecular weight is 457 g/mol. The zero-order chi connectivity index (χ0) is 23.3. The molecule has 2 amide bonds. The van der Waals surface area contributed by atoms with E-state index < -0.39 is 17.8 Å². The molecule has 1 saturated heterocycles. The van der Waals surface area contributed by atoms with Gasteiger partial charge in [-0.25, -0.2) is 4.79 Å². The third-order valence-corrected chi connectivity index (χ3v) is 5.89. The number of nitrogens with one attached hydrogen (secondary N) is 1. The molecule has 3 aromatic rings. The number of rotatable bonds is 6. The number of carbonyl (C=O) groups excluding carboxylic acids is 1. The van der Waals surface area contributed by atoms with Gasteiger partial charge in [-0.2, -0.15) is 13.2 Å². The van der Waals surface area contributed by atoms with Crippen LogP contribution in [0, 0.1) is 0 Å². The summed E-state index contributed by atoms with van der Waals surface area (Å²) in [4.78, 5) is 17.1. The van der Waals surface area contributed by atoms with Crippen LogP contribution in [0.15, 0.2) is 77.4 Å². The van der Waals surface area contributed by atoms with E-state index in [0.29, 0.717) is 5.76 Å². The Balaban J connectivity index is 1.46. The number of piperidine rings is 1. The van der Waals surface area contributed by atoms with Crippen molar-refractivity contribution in [2.75, 3.05) is 18.4 Å². The summed E-state index contributed by atoms with van der Waals surface area (Å²) < 4.78 is 45.6. The Hall–Kier alpha value is -3.26. The van der Waals surface area contributed by atoms with Gasteiger partial charge in [0.25, 0.3) is 0 Å². The molecule has 5 nitrogen and oxygen atoms in total. The Morgan fingerprint density at radius 1 is 1.00 bits per heavy atom. The van der Waals surface area contributed by atoms with Crippen molar-refractivity contribution < 1.29 is 22.4 Å². The number of halogens is 3. The van der Waals surface area contributed by atoms with Gasteiger partial charge in [0.15, 0.2) is 0 Å². The average Bonchev–Trinajstić information content (AvgIpc) is 3.32. The third-order valence-electron chi connectivity index (χ3n) is 5.89. The van der Waals surface area contributed by atoms with Gasteiger partial charge in [-0.3, -0.25) is 4.90 Å². The van der Waals surface area contributed by atoms with Gasteiger partial charge in [0.2, 0.25) is 0 Å². The zero-order valence-electron chi connectivity index (χ0n) is 18.1. The van der Waals surface area contributed by atoms with E-state index in [4.69, 9.17) is 4.42 Å². The lowest BCUT2D eigenvalue weighted by atomic mass is 10.0. The lowest BCUT2D eigenvalue weighted by Crippen LogP contribution is -2.48. The topological polar surface area (TPSA) is 48.7 Å². The molecule has 2 aromatic carbocycles. The Morgan fingerprint density at radius 3 is 2.36 bits per heavy atom. The highest BCUT2D eigenvalue weighted by Gasteiger charge is 2.35. The van der Waals surface area contributed by atoms with Gasteiger partial charge in [0, 0.05) is 25.7 Å². The smallest absolute Gasteiger partial charge is 0.418 e. The van der Waals surface area contributed by atoms with Gasteiger partial charge < -0.3 is 14.6 Å². The fraction of sp³-hybridized carbons (Fsp3) is 0.320. The van der Waals surface area contributed by atoms with E-state index in [1.807, 2.05) is 18.2 Å². The molecule has 0 aliphatic carbocycles. The van der Waals surface area contributed by atoms with Crippen LogP contribution in [0.1, 0.15) is 29.7 Å². The second-order valence-corrected chi connectivity index (χ2v) is 8.17. The fourth-order valence-corrected chi connectivity index (χ4v) is 4.19. The van der Waals surface area contributed by atoms with Crippen LogP contribution in [-0.4, -0.2) is 35.0 Å². The van der Waals surface area contributed by atoms with Crippen molar-refractivity contribution in [1.29, 1.82) is 0 Å². The molecule has 8 heteroatoms. The minimum Gasteiger partial charge on any atom is -0.467 e. The number of anilines is 1. The molecule has 2 heterocycles. The summed E-state index contributed by atoms with van der Waals surface area (Å²) in [5.41, 5.74) is 0.111. The summed E-state index contributed by atoms with van der Waals surface area (Å²) in [6, 6.07) is 18.0. The highest BCUT2D eigenvalue weighted by atomic mass is 19.4.